The molecule has 1 aliphatic rings. The van der Waals surface area contributed by atoms with Crippen LogP contribution in [-0.2, 0) is 19.6 Å². The van der Waals surface area contributed by atoms with E-state index in [1.54, 1.807) is 18.2 Å². The van der Waals surface area contributed by atoms with Gasteiger partial charge in [-0.1, -0.05) is 38.8 Å². The number of nitrogens with one attached hydrogen (secondary N) is 3. The van der Waals surface area contributed by atoms with Crippen LogP contribution in [0.15, 0.2) is 34.2 Å². The van der Waals surface area contributed by atoms with Crippen LogP contribution in [-0.4, -0.2) is 45.2 Å². The Morgan fingerprint density at radius 2 is 1.86 bits per heavy atom. The van der Waals surface area contributed by atoms with E-state index < -0.39 is 16.1 Å². The number of amides is 2. The number of nitrogens with zero attached hydrogens (tertiary/aromatic N) is 1. The topological polar surface area (TPSA) is 117 Å². The first-order valence-electron chi connectivity index (χ1n) is 9.63. The number of benzene rings is 1. The second-order valence-electron chi connectivity index (χ2n) is 6.63. The van der Waals surface area contributed by atoms with E-state index in [-0.39, 0.29) is 35.5 Å². The van der Waals surface area contributed by atoms with Crippen molar-refractivity contribution in [3.05, 3.63) is 29.8 Å². The zero-order valence-corrected chi connectivity index (χ0v) is 17.1. The number of carbonyl (C=O) groups is 2. The highest BCUT2D eigenvalue weighted by atomic mass is 32.2. The van der Waals surface area contributed by atoms with Crippen LogP contribution in [0.5, 0.6) is 0 Å². The van der Waals surface area contributed by atoms with Gasteiger partial charge < -0.3 is 10.6 Å². The van der Waals surface area contributed by atoms with E-state index in [4.69, 9.17) is 0 Å². The average molecular weight is 409 g/mol. The number of carbonyl (C=O) groups excluding carboxylic acids is 2. The van der Waals surface area contributed by atoms with Gasteiger partial charge in [-0.2, -0.15) is 0 Å². The summed E-state index contributed by atoms with van der Waals surface area (Å²) in [5.41, 5.74) is 0.468. The molecule has 0 radical (unpaired) electrons. The first kappa shape index (κ1) is 21.9. The van der Waals surface area contributed by atoms with Crippen molar-refractivity contribution in [3.63, 3.8) is 0 Å². The molecule has 1 heterocycles. The summed E-state index contributed by atoms with van der Waals surface area (Å²) in [6, 6.07) is 5.83. The molecule has 0 fully saturated rings. The van der Waals surface area contributed by atoms with Crippen LogP contribution < -0.4 is 15.4 Å². The third-order valence-corrected chi connectivity index (χ3v) is 5.70. The molecule has 2 amide bonds. The molecule has 0 aliphatic carbocycles. The van der Waals surface area contributed by atoms with Gasteiger partial charge in [0.15, 0.2) is 0 Å². The number of fused-ring (bicyclic) bond motifs is 1. The highest BCUT2D eigenvalue weighted by molar-refractivity contribution is 7.90. The molecule has 1 aliphatic heterocycles. The molecule has 1 aromatic carbocycles. The molecule has 2 rings (SSSR count). The first-order chi connectivity index (χ1) is 13.4. The van der Waals surface area contributed by atoms with E-state index in [0.717, 1.165) is 19.3 Å². The quantitative estimate of drug-likeness (QED) is 0.541. The van der Waals surface area contributed by atoms with E-state index in [2.05, 4.69) is 20.3 Å². The van der Waals surface area contributed by atoms with Gasteiger partial charge in [0.2, 0.25) is 11.8 Å². The number of sulfonamides is 1. The smallest absolute Gasteiger partial charge is 0.263 e. The maximum Gasteiger partial charge on any atom is 0.263 e. The summed E-state index contributed by atoms with van der Waals surface area (Å²) in [6.07, 6.45) is 3.21. The highest BCUT2D eigenvalue weighted by Gasteiger charge is 2.31. The van der Waals surface area contributed by atoms with Crippen molar-refractivity contribution in [2.75, 3.05) is 13.1 Å². The van der Waals surface area contributed by atoms with E-state index in [9.17, 15) is 18.0 Å². The maximum absolute atomic E-state index is 12.6. The molecule has 0 saturated heterocycles. The lowest BCUT2D eigenvalue weighted by Crippen LogP contribution is -2.37. The van der Waals surface area contributed by atoms with E-state index >= 15 is 0 Å². The zero-order chi connectivity index (χ0) is 20.6. The third kappa shape index (κ3) is 5.79. The minimum atomic E-state index is -3.65. The van der Waals surface area contributed by atoms with Crippen molar-refractivity contribution in [2.45, 2.75) is 56.9 Å². The Morgan fingerprint density at radius 3 is 2.57 bits per heavy atom. The number of hydrogen-bond acceptors (Lipinski definition) is 5. The number of aliphatic imine (C=N–C) groups is 1. The minimum Gasteiger partial charge on any atom is -0.356 e. The lowest BCUT2D eigenvalue weighted by atomic mass is 10.1. The Hall–Kier alpha value is -2.42. The number of hydrogen-bond donors (Lipinski definition) is 3. The fourth-order valence-electron chi connectivity index (χ4n) is 2.81. The molecule has 1 atom stereocenters. The van der Waals surface area contributed by atoms with Crippen LogP contribution in [0.4, 0.5) is 0 Å². The van der Waals surface area contributed by atoms with Gasteiger partial charge in [-0.3, -0.25) is 19.3 Å². The monoisotopic (exact) mass is 408 g/mol. The van der Waals surface area contributed by atoms with Gasteiger partial charge in [0.25, 0.3) is 10.0 Å². The first-order valence-corrected chi connectivity index (χ1v) is 11.1. The van der Waals surface area contributed by atoms with Crippen molar-refractivity contribution in [1.29, 1.82) is 0 Å². The molecule has 0 aromatic heterocycles. The summed E-state index contributed by atoms with van der Waals surface area (Å²) in [6.45, 7) is 4.80. The Labute approximate surface area is 166 Å². The van der Waals surface area contributed by atoms with Gasteiger partial charge in [0, 0.05) is 25.1 Å². The Balaban J connectivity index is 2.08. The molecule has 28 heavy (non-hydrogen) atoms. The van der Waals surface area contributed by atoms with Gasteiger partial charge in [-0.15, -0.1) is 0 Å². The number of amidine groups is 1. The summed E-state index contributed by atoms with van der Waals surface area (Å²) < 4.78 is 26.9. The van der Waals surface area contributed by atoms with Crippen molar-refractivity contribution in [1.82, 2.24) is 15.4 Å². The fourth-order valence-corrected chi connectivity index (χ4v) is 4.05. The standard InChI is InChI=1S/C19H28N4O4S/c1-3-5-9-15(19(25)21-13-11-17(24)20-12-4-2)22-18-14-8-6-7-10-16(14)28(26,27)23-18/h6-8,10,15H,3-5,9,11-13H2,1-2H3,(H,20,24)(H,21,25)(H,22,23). The molecule has 8 nitrogen and oxygen atoms in total. The largest absolute Gasteiger partial charge is 0.356 e. The molecule has 1 aromatic rings. The summed E-state index contributed by atoms with van der Waals surface area (Å²) in [4.78, 5) is 28.8. The molecule has 1 unspecified atom stereocenters. The average Bonchev–Trinajstić information content (AvgIpc) is 2.93. The van der Waals surface area contributed by atoms with Crippen LogP contribution in [0, 0.1) is 0 Å². The van der Waals surface area contributed by atoms with Crippen molar-refractivity contribution < 1.29 is 18.0 Å². The highest BCUT2D eigenvalue weighted by Crippen LogP contribution is 2.23. The second kappa shape index (κ2) is 10.2. The van der Waals surface area contributed by atoms with E-state index in [0.29, 0.717) is 18.5 Å². The van der Waals surface area contributed by atoms with Gasteiger partial charge in [-0.05, 0) is 25.0 Å². The van der Waals surface area contributed by atoms with Gasteiger partial charge in [-0.25, -0.2) is 8.42 Å². The summed E-state index contributed by atoms with van der Waals surface area (Å²) in [5.74, 6) is -0.239. The molecule has 0 saturated carbocycles. The van der Waals surface area contributed by atoms with Crippen LogP contribution in [0.25, 0.3) is 0 Å². The second-order valence-corrected chi connectivity index (χ2v) is 8.28. The minimum absolute atomic E-state index is 0.115. The van der Waals surface area contributed by atoms with Crippen molar-refractivity contribution in [3.8, 4) is 0 Å². The Bertz CT molecular complexity index is 836. The maximum atomic E-state index is 12.6. The molecule has 3 N–H and O–H groups in total. The van der Waals surface area contributed by atoms with Crippen molar-refractivity contribution in [2.24, 2.45) is 4.99 Å². The van der Waals surface area contributed by atoms with Crippen LogP contribution in [0.2, 0.25) is 0 Å². The lowest BCUT2D eigenvalue weighted by Gasteiger charge is -2.14. The Morgan fingerprint density at radius 1 is 1.11 bits per heavy atom. The van der Waals surface area contributed by atoms with Crippen LogP contribution in [0.1, 0.15) is 51.5 Å². The van der Waals surface area contributed by atoms with Gasteiger partial charge in [0.05, 0.1) is 4.90 Å². The van der Waals surface area contributed by atoms with Crippen LogP contribution in [0.3, 0.4) is 0 Å². The normalized spacial score (nSPS) is 16.9. The predicted molar refractivity (Wildman–Crippen MR) is 108 cm³/mol. The SMILES string of the molecule is CCCCC(N=C1NS(=O)(=O)c2ccccc21)C(=O)NCCC(=O)NCCC. The van der Waals surface area contributed by atoms with Gasteiger partial charge in [0.1, 0.15) is 11.9 Å². The molecule has 0 bridgehead atoms. The number of rotatable bonds is 10. The predicted octanol–water partition coefficient (Wildman–Crippen LogP) is 1.32. The number of unbranched alkanes of at least 4 members (excludes halogenated alkanes) is 1. The van der Waals surface area contributed by atoms with Crippen LogP contribution >= 0.6 is 0 Å². The van der Waals surface area contributed by atoms with Gasteiger partial charge >= 0.3 is 0 Å². The molecule has 0 spiro atoms. The molecule has 154 valence electrons. The Kier molecular flexibility index (Phi) is 7.98. The van der Waals surface area contributed by atoms with Crippen molar-refractivity contribution >= 4 is 27.7 Å². The molecule has 9 heteroatoms. The zero-order valence-electron chi connectivity index (χ0n) is 16.3. The van der Waals surface area contributed by atoms with E-state index in [1.807, 2.05) is 13.8 Å². The van der Waals surface area contributed by atoms with E-state index in [1.165, 1.54) is 6.07 Å². The third-order valence-electron chi connectivity index (χ3n) is 4.30. The summed E-state index contributed by atoms with van der Waals surface area (Å²) >= 11 is 0. The molecular weight excluding hydrogens is 380 g/mol. The fraction of sp³-hybridized carbons (Fsp3) is 0.526. The summed E-state index contributed by atoms with van der Waals surface area (Å²) in [5, 5.41) is 5.49. The summed E-state index contributed by atoms with van der Waals surface area (Å²) in [7, 11) is -3.65. The lowest BCUT2D eigenvalue weighted by molar-refractivity contribution is -0.123. The molecular formula is C19H28N4O4S.